The minimum absolute atomic E-state index is 0.0834. The van der Waals surface area contributed by atoms with Crippen molar-refractivity contribution < 1.29 is 4.79 Å². The maximum Gasteiger partial charge on any atom is 0.142 e. The lowest BCUT2D eigenvalue weighted by molar-refractivity contribution is -0.122. The van der Waals surface area contributed by atoms with Gasteiger partial charge in [0.2, 0.25) is 0 Å². The van der Waals surface area contributed by atoms with Crippen LogP contribution in [0.25, 0.3) is 0 Å². The van der Waals surface area contributed by atoms with Crippen LogP contribution in [0, 0.1) is 5.92 Å². The van der Waals surface area contributed by atoms with Gasteiger partial charge in [0.25, 0.3) is 0 Å². The number of hydrogen-bond acceptors (Lipinski definition) is 3. The number of ketones is 1. The molecule has 3 heteroatoms. The molecule has 0 N–H and O–H groups in total. The molecule has 1 fully saturated rings. The maximum absolute atomic E-state index is 12.3. The topological polar surface area (TPSA) is 30.0 Å². The standard InChI is InChI=1S/C16H25NOS/c1-16(2,3)14-11-19-15(17-14)10-13(18)12-8-6-4-5-7-9-12/h11-12H,4-10H2,1-3H3. The highest BCUT2D eigenvalue weighted by atomic mass is 32.1. The van der Waals surface area contributed by atoms with Crippen LogP contribution in [0.5, 0.6) is 0 Å². The number of hydrogen-bond donors (Lipinski definition) is 0. The Kier molecular flexibility index (Phi) is 4.77. The molecule has 1 aliphatic rings. The number of thiazole rings is 1. The van der Waals surface area contributed by atoms with Crippen molar-refractivity contribution in [1.82, 2.24) is 4.98 Å². The molecule has 0 spiro atoms. The number of rotatable bonds is 3. The predicted molar refractivity (Wildman–Crippen MR) is 80.7 cm³/mol. The first-order chi connectivity index (χ1) is 8.97. The average Bonchev–Trinajstić information content (AvgIpc) is 2.63. The van der Waals surface area contributed by atoms with Crippen LogP contribution < -0.4 is 0 Å². The summed E-state index contributed by atoms with van der Waals surface area (Å²) in [4.78, 5) is 17.0. The molecule has 0 aliphatic heterocycles. The van der Waals surface area contributed by atoms with E-state index in [1.807, 2.05) is 0 Å². The van der Waals surface area contributed by atoms with Crippen molar-refractivity contribution in [3.05, 3.63) is 16.1 Å². The summed E-state index contributed by atoms with van der Waals surface area (Å²) in [5.74, 6) is 0.709. The molecular weight excluding hydrogens is 254 g/mol. The van der Waals surface area contributed by atoms with Crippen molar-refractivity contribution in [2.45, 2.75) is 71.1 Å². The summed E-state index contributed by atoms with van der Waals surface area (Å²) in [7, 11) is 0. The van der Waals surface area contributed by atoms with Crippen molar-refractivity contribution in [3.8, 4) is 0 Å². The van der Waals surface area contributed by atoms with Gasteiger partial charge in [0.05, 0.1) is 12.1 Å². The van der Waals surface area contributed by atoms with Crippen LogP contribution in [-0.2, 0) is 16.6 Å². The predicted octanol–water partition coefficient (Wildman–Crippen LogP) is 4.52. The van der Waals surface area contributed by atoms with E-state index in [0.29, 0.717) is 18.1 Å². The van der Waals surface area contributed by atoms with E-state index >= 15 is 0 Å². The van der Waals surface area contributed by atoms with Crippen LogP contribution in [0.4, 0.5) is 0 Å². The number of aromatic nitrogens is 1. The third-order valence-electron chi connectivity index (χ3n) is 3.96. The summed E-state index contributed by atoms with van der Waals surface area (Å²) in [6, 6.07) is 0. The third kappa shape index (κ3) is 4.13. The van der Waals surface area contributed by atoms with E-state index in [-0.39, 0.29) is 5.41 Å². The Labute approximate surface area is 120 Å². The minimum atomic E-state index is 0.0834. The Bertz CT molecular complexity index is 422. The van der Waals surface area contributed by atoms with Gasteiger partial charge in [0.15, 0.2) is 0 Å². The largest absolute Gasteiger partial charge is 0.299 e. The first kappa shape index (κ1) is 14.7. The molecule has 0 radical (unpaired) electrons. The van der Waals surface area contributed by atoms with Crippen LogP contribution in [0.2, 0.25) is 0 Å². The Morgan fingerprint density at radius 3 is 2.42 bits per heavy atom. The van der Waals surface area contributed by atoms with Crippen LogP contribution in [0.15, 0.2) is 5.38 Å². The summed E-state index contributed by atoms with van der Waals surface area (Å²) in [5, 5.41) is 3.11. The van der Waals surface area contributed by atoms with Gasteiger partial charge in [-0.05, 0) is 12.8 Å². The molecule has 0 saturated heterocycles. The lowest BCUT2D eigenvalue weighted by Crippen LogP contribution is -2.17. The van der Waals surface area contributed by atoms with Gasteiger partial charge in [0, 0.05) is 16.7 Å². The molecule has 0 unspecified atom stereocenters. The van der Waals surface area contributed by atoms with E-state index < -0.39 is 0 Å². The van der Waals surface area contributed by atoms with Crippen molar-refractivity contribution in [1.29, 1.82) is 0 Å². The zero-order chi connectivity index (χ0) is 13.9. The Hall–Kier alpha value is -0.700. The Morgan fingerprint density at radius 1 is 1.26 bits per heavy atom. The quantitative estimate of drug-likeness (QED) is 0.761. The molecule has 0 bridgehead atoms. The third-order valence-corrected chi connectivity index (χ3v) is 4.80. The van der Waals surface area contributed by atoms with Gasteiger partial charge < -0.3 is 0 Å². The second-order valence-electron chi connectivity index (χ2n) is 6.71. The van der Waals surface area contributed by atoms with Gasteiger partial charge in [0.1, 0.15) is 10.8 Å². The molecule has 2 rings (SSSR count). The first-order valence-electron chi connectivity index (χ1n) is 7.44. The number of carbonyl (C=O) groups excluding carboxylic acids is 1. The molecule has 2 nitrogen and oxygen atoms in total. The second kappa shape index (κ2) is 6.17. The highest BCUT2D eigenvalue weighted by Gasteiger charge is 2.22. The monoisotopic (exact) mass is 279 g/mol. The summed E-state index contributed by atoms with van der Waals surface area (Å²) in [6.07, 6.45) is 7.78. The molecular formula is C16H25NOS. The van der Waals surface area contributed by atoms with Gasteiger partial charge in [-0.1, -0.05) is 46.5 Å². The molecule has 19 heavy (non-hydrogen) atoms. The zero-order valence-corrected chi connectivity index (χ0v) is 13.2. The lowest BCUT2D eigenvalue weighted by atomic mass is 9.93. The van der Waals surface area contributed by atoms with Crippen molar-refractivity contribution >= 4 is 17.1 Å². The van der Waals surface area contributed by atoms with Crippen molar-refractivity contribution in [2.24, 2.45) is 5.92 Å². The van der Waals surface area contributed by atoms with Gasteiger partial charge in [-0.15, -0.1) is 11.3 Å². The molecule has 0 aromatic carbocycles. The summed E-state index contributed by atoms with van der Waals surface area (Å²) in [5.41, 5.74) is 1.20. The molecule has 1 heterocycles. The molecule has 0 amide bonds. The van der Waals surface area contributed by atoms with E-state index in [0.717, 1.165) is 23.5 Å². The zero-order valence-electron chi connectivity index (χ0n) is 12.4. The molecule has 1 aromatic heterocycles. The van der Waals surface area contributed by atoms with Crippen molar-refractivity contribution in [2.75, 3.05) is 0 Å². The Morgan fingerprint density at radius 2 is 1.89 bits per heavy atom. The average molecular weight is 279 g/mol. The number of Topliss-reactive ketones (excluding diaryl/α,β-unsaturated/α-hetero) is 1. The highest BCUT2D eigenvalue weighted by molar-refractivity contribution is 7.09. The molecule has 1 aliphatic carbocycles. The summed E-state index contributed by atoms with van der Waals surface area (Å²) < 4.78 is 0. The smallest absolute Gasteiger partial charge is 0.142 e. The SMILES string of the molecule is CC(C)(C)c1csc(CC(=O)C2CCCCCC2)n1. The number of carbonyl (C=O) groups is 1. The fraction of sp³-hybridized carbons (Fsp3) is 0.750. The van der Waals surface area contributed by atoms with Gasteiger partial charge in [-0.25, -0.2) is 4.98 Å². The van der Waals surface area contributed by atoms with E-state index in [1.165, 1.54) is 25.7 Å². The highest BCUT2D eigenvalue weighted by Crippen LogP contribution is 2.27. The van der Waals surface area contributed by atoms with Gasteiger partial charge >= 0.3 is 0 Å². The lowest BCUT2D eigenvalue weighted by Gasteiger charge is -2.14. The summed E-state index contributed by atoms with van der Waals surface area (Å²) >= 11 is 1.64. The normalized spacial score (nSPS) is 18.3. The molecule has 1 saturated carbocycles. The van der Waals surface area contributed by atoms with Crippen molar-refractivity contribution in [3.63, 3.8) is 0 Å². The van der Waals surface area contributed by atoms with Crippen LogP contribution >= 0.6 is 11.3 Å². The Balaban J connectivity index is 1.96. The minimum Gasteiger partial charge on any atom is -0.299 e. The second-order valence-corrected chi connectivity index (χ2v) is 7.65. The van der Waals surface area contributed by atoms with Gasteiger partial charge in [-0.2, -0.15) is 0 Å². The van der Waals surface area contributed by atoms with Gasteiger partial charge in [-0.3, -0.25) is 4.79 Å². The maximum atomic E-state index is 12.3. The van der Waals surface area contributed by atoms with E-state index in [2.05, 4.69) is 31.1 Å². The van der Waals surface area contributed by atoms with Crippen LogP contribution in [-0.4, -0.2) is 10.8 Å². The summed E-state index contributed by atoms with van der Waals surface area (Å²) in [6.45, 7) is 6.50. The molecule has 0 atom stereocenters. The van der Waals surface area contributed by atoms with Crippen LogP contribution in [0.1, 0.15) is 70.0 Å². The number of nitrogens with zero attached hydrogens (tertiary/aromatic N) is 1. The van der Waals surface area contributed by atoms with E-state index in [1.54, 1.807) is 11.3 Å². The van der Waals surface area contributed by atoms with E-state index in [9.17, 15) is 4.79 Å². The van der Waals surface area contributed by atoms with E-state index in [4.69, 9.17) is 0 Å². The fourth-order valence-electron chi connectivity index (χ4n) is 2.63. The van der Waals surface area contributed by atoms with Crippen LogP contribution in [0.3, 0.4) is 0 Å². The fourth-order valence-corrected chi connectivity index (χ4v) is 3.66. The molecule has 106 valence electrons. The first-order valence-corrected chi connectivity index (χ1v) is 8.32. The molecule has 1 aromatic rings.